The fourth-order valence-corrected chi connectivity index (χ4v) is 2.11. The number of ether oxygens (including phenoxy) is 1. The SMILES string of the molecule is CN1CCC(OCCCCCNC(=O)CN)CC1. The van der Waals surface area contributed by atoms with E-state index in [0.29, 0.717) is 6.10 Å². The quantitative estimate of drug-likeness (QED) is 0.615. The van der Waals surface area contributed by atoms with Crippen molar-refractivity contribution in [2.24, 2.45) is 5.73 Å². The summed E-state index contributed by atoms with van der Waals surface area (Å²) in [4.78, 5) is 13.2. The molecule has 0 spiro atoms. The molecule has 0 bridgehead atoms. The zero-order valence-corrected chi connectivity index (χ0v) is 11.5. The molecule has 1 saturated heterocycles. The first-order valence-corrected chi connectivity index (χ1v) is 6.99. The predicted octanol–water partition coefficient (Wildman–Crippen LogP) is 0.342. The molecule has 18 heavy (non-hydrogen) atoms. The Morgan fingerprint density at radius 2 is 2.06 bits per heavy atom. The molecule has 5 nitrogen and oxygen atoms in total. The summed E-state index contributed by atoms with van der Waals surface area (Å²) in [6, 6.07) is 0. The molecule has 1 rings (SSSR count). The molecular formula is C13H27N3O2. The lowest BCUT2D eigenvalue weighted by Gasteiger charge is -2.28. The molecule has 0 atom stereocenters. The number of nitrogens with zero attached hydrogens (tertiary/aromatic N) is 1. The Kier molecular flexibility index (Phi) is 7.96. The number of likely N-dealkylation sites (tertiary alicyclic amines) is 1. The Bertz CT molecular complexity index is 228. The Hall–Kier alpha value is -0.650. The third-order valence-corrected chi connectivity index (χ3v) is 3.35. The van der Waals surface area contributed by atoms with Crippen molar-refractivity contribution >= 4 is 5.91 Å². The third kappa shape index (κ3) is 6.93. The first kappa shape index (κ1) is 15.4. The lowest BCUT2D eigenvalue weighted by molar-refractivity contribution is -0.119. The fraction of sp³-hybridized carbons (Fsp3) is 0.923. The Labute approximate surface area is 110 Å². The number of hydrogen-bond acceptors (Lipinski definition) is 4. The number of nitrogens with one attached hydrogen (secondary N) is 1. The second-order valence-electron chi connectivity index (χ2n) is 4.99. The van der Waals surface area contributed by atoms with E-state index in [-0.39, 0.29) is 12.5 Å². The van der Waals surface area contributed by atoms with E-state index in [1.807, 2.05) is 0 Å². The molecule has 0 aromatic rings. The maximum atomic E-state index is 10.9. The van der Waals surface area contributed by atoms with E-state index < -0.39 is 0 Å². The number of rotatable bonds is 8. The molecule has 106 valence electrons. The van der Waals surface area contributed by atoms with Gasteiger partial charge >= 0.3 is 0 Å². The van der Waals surface area contributed by atoms with Crippen molar-refractivity contribution in [1.82, 2.24) is 10.2 Å². The van der Waals surface area contributed by atoms with Gasteiger partial charge in [0.05, 0.1) is 12.6 Å². The van der Waals surface area contributed by atoms with Gasteiger partial charge in [-0.1, -0.05) is 0 Å². The summed E-state index contributed by atoms with van der Waals surface area (Å²) < 4.78 is 5.85. The van der Waals surface area contributed by atoms with Gasteiger partial charge in [0, 0.05) is 26.2 Å². The summed E-state index contributed by atoms with van der Waals surface area (Å²) >= 11 is 0. The van der Waals surface area contributed by atoms with Gasteiger partial charge in [0.1, 0.15) is 0 Å². The highest BCUT2D eigenvalue weighted by Gasteiger charge is 2.16. The maximum Gasteiger partial charge on any atom is 0.233 e. The van der Waals surface area contributed by atoms with Crippen LogP contribution in [0.1, 0.15) is 32.1 Å². The standard InChI is InChI=1S/C13H27N3O2/c1-16-8-5-12(6-9-16)18-10-4-2-3-7-15-13(17)11-14/h12H,2-11,14H2,1H3,(H,15,17). The van der Waals surface area contributed by atoms with Crippen molar-refractivity contribution in [1.29, 1.82) is 0 Å². The van der Waals surface area contributed by atoms with Crippen molar-refractivity contribution in [3.05, 3.63) is 0 Å². The molecule has 5 heteroatoms. The molecule has 0 saturated carbocycles. The fourth-order valence-electron chi connectivity index (χ4n) is 2.11. The molecular weight excluding hydrogens is 230 g/mol. The summed E-state index contributed by atoms with van der Waals surface area (Å²) in [6.07, 6.45) is 5.94. The molecule has 0 unspecified atom stereocenters. The first-order valence-electron chi connectivity index (χ1n) is 6.99. The summed E-state index contributed by atoms with van der Waals surface area (Å²) in [5.74, 6) is -0.0717. The van der Waals surface area contributed by atoms with Crippen molar-refractivity contribution in [3.8, 4) is 0 Å². The van der Waals surface area contributed by atoms with E-state index in [4.69, 9.17) is 10.5 Å². The van der Waals surface area contributed by atoms with Gasteiger partial charge in [0.2, 0.25) is 5.91 Å². The van der Waals surface area contributed by atoms with Crippen LogP contribution in [0.3, 0.4) is 0 Å². The van der Waals surface area contributed by atoms with E-state index in [1.54, 1.807) is 0 Å². The van der Waals surface area contributed by atoms with Crippen LogP contribution in [-0.4, -0.2) is 56.7 Å². The molecule has 3 N–H and O–H groups in total. The first-order chi connectivity index (χ1) is 8.72. The summed E-state index contributed by atoms with van der Waals surface area (Å²) in [7, 11) is 2.16. The van der Waals surface area contributed by atoms with Crippen LogP contribution >= 0.6 is 0 Å². The highest BCUT2D eigenvalue weighted by atomic mass is 16.5. The molecule has 1 aliphatic rings. The van der Waals surface area contributed by atoms with Crippen LogP contribution in [0.5, 0.6) is 0 Å². The van der Waals surface area contributed by atoms with Crippen LogP contribution < -0.4 is 11.1 Å². The molecule has 0 aliphatic carbocycles. The van der Waals surface area contributed by atoms with Gasteiger partial charge in [-0.05, 0) is 39.2 Å². The van der Waals surface area contributed by atoms with E-state index in [1.165, 1.54) is 0 Å². The number of carbonyl (C=O) groups is 1. The molecule has 1 fully saturated rings. The summed E-state index contributed by atoms with van der Waals surface area (Å²) in [5.41, 5.74) is 5.19. The number of carbonyl (C=O) groups excluding carboxylic acids is 1. The minimum Gasteiger partial charge on any atom is -0.378 e. The van der Waals surface area contributed by atoms with Crippen LogP contribution in [-0.2, 0) is 9.53 Å². The highest BCUT2D eigenvalue weighted by Crippen LogP contribution is 2.12. The summed E-state index contributed by atoms with van der Waals surface area (Å²) in [5, 5.41) is 2.77. The second-order valence-corrected chi connectivity index (χ2v) is 4.99. The molecule has 1 amide bonds. The lowest BCUT2D eigenvalue weighted by Crippen LogP contribution is -2.34. The van der Waals surface area contributed by atoms with Gasteiger partial charge in [-0.25, -0.2) is 0 Å². The molecule has 1 heterocycles. The largest absolute Gasteiger partial charge is 0.378 e. The molecule has 1 aliphatic heterocycles. The van der Waals surface area contributed by atoms with Gasteiger partial charge in [-0.3, -0.25) is 4.79 Å². The molecule has 0 aromatic heterocycles. The summed E-state index contributed by atoms with van der Waals surface area (Å²) in [6.45, 7) is 3.95. The average molecular weight is 257 g/mol. The van der Waals surface area contributed by atoms with E-state index in [2.05, 4.69) is 17.3 Å². The van der Waals surface area contributed by atoms with Crippen LogP contribution in [0.2, 0.25) is 0 Å². The third-order valence-electron chi connectivity index (χ3n) is 3.35. The van der Waals surface area contributed by atoms with Crippen LogP contribution in [0.15, 0.2) is 0 Å². The Balaban J connectivity index is 1.85. The van der Waals surface area contributed by atoms with Crippen LogP contribution in [0.4, 0.5) is 0 Å². The van der Waals surface area contributed by atoms with Crippen molar-refractivity contribution in [3.63, 3.8) is 0 Å². The van der Waals surface area contributed by atoms with Gasteiger partial charge in [0.25, 0.3) is 0 Å². The average Bonchev–Trinajstić information content (AvgIpc) is 2.39. The minimum absolute atomic E-state index is 0.0717. The lowest BCUT2D eigenvalue weighted by atomic mass is 10.1. The zero-order chi connectivity index (χ0) is 13.2. The van der Waals surface area contributed by atoms with Crippen LogP contribution in [0.25, 0.3) is 0 Å². The number of hydrogen-bond donors (Lipinski definition) is 2. The van der Waals surface area contributed by atoms with Crippen molar-refractivity contribution < 1.29 is 9.53 Å². The smallest absolute Gasteiger partial charge is 0.233 e. The number of nitrogens with two attached hydrogens (primary N) is 1. The zero-order valence-electron chi connectivity index (χ0n) is 11.5. The highest BCUT2D eigenvalue weighted by molar-refractivity contribution is 5.77. The second kappa shape index (κ2) is 9.30. The Morgan fingerprint density at radius 3 is 2.72 bits per heavy atom. The maximum absolute atomic E-state index is 10.9. The van der Waals surface area contributed by atoms with Crippen molar-refractivity contribution in [2.75, 3.05) is 39.8 Å². The van der Waals surface area contributed by atoms with E-state index in [9.17, 15) is 4.79 Å². The number of amides is 1. The monoisotopic (exact) mass is 257 g/mol. The number of piperidine rings is 1. The van der Waals surface area contributed by atoms with Gasteiger partial charge in [-0.15, -0.1) is 0 Å². The van der Waals surface area contributed by atoms with Gasteiger partial charge in [-0.2, -0.15) is 0 Å². The minimum atomic E-state index is -0.0717. The van der Waals surface area contributed by atoms with Gasteiger partial charge in [0.15, 0.2) is 0 Å². The predicted molar refractivity (Wildman–Crippen MR) is 72.4 cm³/mol. The Morgan fingerprint density at radius 1 is 1.33 bits per heavy atom. The van der Waals surface area contributed by atoms with Crippen molar-refractivity contribution in [2.45, 2.75) is 38.2 Å². The number of unbranched alkanes of at least 4 members (excludes halogenated alkanes) is 2. The van der Waals surface area contributed by atoms with Crippen LogP contribution in [0, 0.1) is 0 Å². The normalized spacial score (nSPS) is 17.9. The molecule has 0 radical (unpaired) electrons. The van der Waals surface area contributed by atoms with E-state index in [0.717, 1.165) is 58.3 Å². The van der Waals surface area contributed by atoms with E-state index >= 15 is 0 Å². The molecule has 0 aromatic carbocycles. The topological polar surface area (TPSA) is 67.6 Å². The van der Waals surface area contributed by atoms with Gasteiger partial charge < -0.3 is 20.7 Å².